The standard InChI is InChI=1S/C27H25N3O3/c1-17(2)29-25(31)20-12-14-21(15-13-20)30-26(32)22-6-4-5-7-23(22)27-28-16-24(33-27)19-10-8-18(3)9-11-19/h4-17H,1-3H3,(H,29,31)(H,30,32). The van der Waals surface area contributed by atoms with Gasteiger partial charge >= 0.3 is 0 Å². The summed E-state index contributed by atoms with van der Waals surface area (Å²) in [5, 5.41) is 5.72. The number of rotatable bonds is 6. The van der Waals surface area contributed by atoms with E-state index in [0.717, 1.165) is 11.1 Å². The van der Waals surface area contributed by atoms with E-state index in [4.69, 9.17) is 4.42 Å². The largest absolute Gasteiger partial charge is 0.436 e. The number of amides is 2. The number of anilines is 1. The molecule has 0 atom stereocenters. The number of hydrogen-bond donors (Lipinski definition) is 2. The highest BCUT2D eigenvalue weighted by Gasteiger charge is 2.17. The number of benzene rings is 3. The third kappa shape index (κ3) is 5.18. The van der Waals surface area contributed by atoms with E-state index in [1.807, 2.05) is 51.1 Å². The van der Waals surface area contributed by atoms with Gasteiger partial charge in [0.25, 0.3) is 11.8 Å². The molecule has 0 radical (unpaired) electrons. The molecule has 2 N–H and O–H groups in total. The van der Waals surface area contributed by atoms with Crippen LogP contribution < -0.4 is 10.6 Å². The van der Waals surface area contributed by atoms with Crippen LogP contribution in [0.25, 0.3) is 22.8 Å². The average Bonchev–Trinajstić information content (AvgIpc) is 3.30. The van der Waals surface area contributed by atoms with Crippen LogP contribution in [0.5, 0.6) is 0 Å². The number of carbonyl (C=O) groups is 2. The Morgan fingerprint density at radius 3 is 2.27 bits per heavy atom. The van der Waals surface area contributed by atoms with Crippen LogP contribution in [-0.4, -0.2) is 22.8 Å². The van der Waals surface area contributed by atoms with Crippen LogP contribution in [0.2, 0.25) is 0 Å². The van der Waals surface area contributed by atoms with E-state index in [1.54, 1.807) is 48.7 Å². The maximum atomic E-state index is 13.0. The predicted octanol–water partition coefficient (Wildman–Crippen LogP) is 5.71. The first-order valence-corrected chi connectivity index (χ1v) is 10.8. The molecule has 0 aliphatic carbocycles. The molecule has 2 amide bonds. The Labute approximate surface area is 192 Å². The summed E-state index contributed by atoms with van der Waals surface area (Å²) in [5.41, 5.74) is 4.24. The lowest BCUT2D eigenvalue weighted by molar-refractivity contribution is 0.0942. The minimum atomic E-state index is -0.292. The molecule has 33 heavy (non-hydrogen) atoms. The van der Waals surface area contributed by atoms with Crippen molar-refractivity contribution in [1.82, 2.24) is 10.3 Å². The summed E-state index contributed by atoms with van der Waals surface area (Å²) in [4.78, 5) is 29.5. The van der Waals surface area contributed by atoms with Crippen LogP contribution in [0.15, 0.2) is 83.4 Å². The minimum absolute atomic E-state index is 0.0510. The Morgan fingerprint density at radius 2 is 1.58 bits per heavy atom. The Kier molecular flexibility index (Phi) is 6.36. The number of hydrogen-bond acceptors (Lipinski definition) is 4. The van der Waals surface area contributed by atoms with Gasteiger partial charge in [-0.05, 0) is 57.2 Å². The molecule has 1 heterocycles. The summed E-state index contributed by atoms with van der Waals surface area (Å²) in [5.74, 6) is 0.564. The van der Waals surface area contributed by atoms with Crippen molar-refractivity contribution < 1.29 is 14.0 Å². The Hall–Kier alpha value is -4.19. The van der Waals surface area contributed by atoms with E-state index in [9.17, 15) is 9.59 Å². The topological polar surface area (TPSA) is 84.2 Å². The second-order valence-electron chi connectivity index (χ2n) is 8.10. The van der Waals surface area contributed by atoms with Crippen LogP contribution in [0.4, 0.5) is 5.69 Å². The van der Waals surface area contributed by atoms with Crippen LogP contribution >= 0.6 is 0 Å². The zero-order valence-corrected chi connectivity index (χ0v) is 18.8. The van der Waals surface area contributed by atoms with Crippen molar-refractivity contribution in [3.05, 3.63) is 95.7 Å². The first-order chi connectivity index (χ1) is 15.9. The highest BCUT2D eigenvalue weighted by Crippen LogP contribution is 2.29. The van der Waals surface area contributed by atoms with Gasteiger partial charge in [0, 0.05) is 28.4 Å². The molecule has 4 aromatic rings. The van der Waals surface area contributed by atoms with E-state index in [1.165, 1.54) is 0 Å². The first kappa shape index (κ1) is 22.0. The normalized spacial score (nSPS) is 10.8. The molecule has 1 aromatic heterocycles. The number of carbonyl (C=O) groups excluding carboxylic acids is 2. The monoisotopic (exact) mass is 439 g/mol. The summed E-state index contributed by atoms with van der Waals surface area (Å²) < 4.78 is 5.97. The van der Waals surface area contributed by atoms with E-state index in [2.05, 4.69) is 15.6 Å². The molecule has 6 nitrogen and oxygen atoms in total. The molecule has 0 bridgehead atoms. The smallest absolute Gasteiger partial charge is 0.256 e. The van der Waals surface area contributed by atoms with Crippen LogP contribution in [0.3, 0.4) is 0 Å². The summed E-state index contributed by atoms with van der Waals surface area (Å²) in [6.45, 7) is 5.83. The third-order valence-electron chi connectivity index (χ3n) is 5.07. The molecule has 0 saturated carbocycles. The number of aryl methyl sites for hydroxylation is 1. The zero-order valence-electron chi connectivity index (χ0n) is 18.8. The van der Waals surface area contributed by atoms with Gasteiger partial charge in [-0.2, -0.15) is 0 Å². The first-order valence-electron chi connectivity index (χ1n) is 10.8. The SMILES string of the molecule is Cc1ccc(-c2cnc(-c3ccccc3C(=O)Nc3ccc(C(=O)NC(C)C)cc3)o2)cc1. The summed E-state index contributed by atoms with van der Waals surface area (Å²) in [6, 6.07) is 22.0. The number of aromatic nitrogens is 1. The van der Waals surface area contributed by atoms with E-state index in [0.29, 0.717) is 34.0 Å². The van der Waals surface area contributed by atoms with Gasteiger partial charge in [0.2, 0.25) is 5.89 Å². The Morgan fingerprint density at radius 1 is 0.879 bits per heavy atom. The molecule has 0 fully saturated rings. The Bertz CT molecular complexity index is 1270. The molecule has 0 spiro atoms. The number of oxazole rings is 1. The van der Waals surface area contributed by atoms with Crippen molar-refractivity contribution in [1.29, 1.82) is 0 Å². The predicted molar refractivity (Wildman–Crippen MR) is 129 cm³/mol. The van der Waals surface area contributed by atoms with Crippen LogP contribution in [-0.2, 0) is 0 Å². The lowest BCUT2D eigenvalue weighted by atomic mass is 10.1. The van der Waals surface area contributed by atoms with Gasteiger partial charge in [-0.15, -0.1) is 0 Å². The quantitative estimate of drug-likeness (QED) is 0.403. The molecule has 0 unspecified atom stereocenters. The second-order valence-corrected chi connectivity index (χ2v) is 8.10. The molecule has 4 rings (SSSR count). The van der Waals surface area contributed by atoms with E-state index in [-0.39, 0.29) is 17.9 Å². The molecular formula is C27H25N3O3. The summed E-state index contributed by atoms with van der Waals surface area (Å²) in [7, 11) is 0. The average molecular weight is 440 g/mol. The van der Waals surface area contributed by atoms with Gasteiger partial charge in [0.05, 0.1) is 11.8 Å². The second kappa shape index (κ2) is 9.53. The van der Waals surface area contributed by atoms with Gasteiger partial charge in [-0.25, -0.2) is 4.98 Å². The molecule has 6 heteroatoms. The van der Waals surface area contributed by atoms with E-state index >= 15 is 0 Å². The third-order valence-corrected chi connectivity index (χ3v) is 5.07. The van der Waals surface area contributed by atoms with Crippen LogP contribution in [0, 0.1) is 6.92 Å². The number of nitrogens with one attached hydrogen (secondary N) is 2. The summed E-state index contributed by atoms with van der Waals surface area (Å²) >= 11 is 0. The van der Waals surface area contributed by atoms with Gasteiger partial charge in [0.1, 0.15) is 0 Å². The number of nitrogens with zero attached hydrogens (tertiary/aromatic N) is 1. The molecular weight excluding hydrogens is 414 g/mol. The van der Waals surface area contributed by atoms with Gasteiger partial charge in [-0.1, -0.05) is 42.0 Å². The molecule has 0 saturated heterocycles. The van der Waals surface area contributed by atoms with Crippen molar-refractivity contribution >= 4 is 17.5 Å². The highest BCUT2D eigenvalue weighted by molar-refractivity contribution is 6.08. The van der Waals surface area contributed by atoms with Crippen molar-refractivity contribution in [2.24, 2.45) is 0 Å². The fourth-order valence-electron chi connectivity index (χ4n) is 3.37. The van der Waals surface area contributed by atoms with Crippen molar-refractivity contribution in [2.45, 2.75) is 26.8 Å². The lowest BCUT2D eigenvalue weighted by Gasteiger charge is -2.10. The van der Waals surface area contributed by atoms with Crippen molar-refractivity contribution in [3.63, 3.8) is 0 Å². The maximum absolute atomic E-state index is 13.0. The molecule has 0 aliphatic rings. The minimum Gasteiger partial charge on any atom is -0.436 e. The van der Waals surface area contributed by atoms with E-state index < -0.39 is 0 Å². The molecule has 3 aromatic carbocycles. The van der Waals surface area contributed by atoms with Gasteiger partial charge < -0.3 is 15.1 Å². The van der Waals surface area contributed by atoms with Gasteiger partial charge in [-0.3, -0.25) is 9.59 Å². The lowest BCUT2D eigenvalue weighted by Crippen LogP contribution is -2.30. The van der Waals surface area contributed by atoms with Crippen molar-refractivity contribution in [3.8, 4) is 22.8 Å². The highest BCUT2D eigenvalue weighted by atomic mass is 16.4. The maximum Gasteiger partial charge on any atom is 0.256 e. The van der Waals surface area contributed by atoms with Gasteiger partial charge in [0.15, 0.2) is 5.76 Å². The fourth-order valence-corrected chi connectivity index (χ4v) is 3.37. The molecule has 166 valence electrons. The van der Waals surface area contributed by atoms with Crippen molar-refractivity contribution in [2.75, 3.05) is 5.32 Å². The van der Waals surface area contributed by atoms with Crippen LogP contribution in [0.1, 0.15) is 40.1 Å². The zero-order chi connectivity index (χ0) is 23.4. The summed E-state index contributed by atoms with van der Waals surface area (Å²) in [6.07, 6.45) is 1.66. The molecule has 0 aliphatic heterocycles. The Balaban J connectivity index is 1.53. The fraction of sp³-hybridized carbons (Fsp3) is 0.148.